The molecule has 2 saturated heterocycles. The minimum atomic E-state index is -2.58. The summed E-state index contributed by atoms with van der Waals surface area (Å²) in [6, 6.07) is 6.01. The van der Waals surface area contributed by atoms with Crippen molar-refractivity contribution in [3.63, 3.8) is 0 Å². The summed E-state index contributed by atoms with van der Waals surface area (Å²) in [7, 11) is 0. The predicted molar refractivity (Wildman–Crippen MR) is 110 cm³/mol. The Bertz CT molecular complexity index is 954. The van der Waals surface area contributed by atoms with Gasteiger partial charge in [0.2, 0.25) is 11.8 Å². The molecule has 0 N–H and O–H groups in total. The van der Waals surface area contributed by atoms with Gasteiger partial charge in [-0.1, -0.05) is 11.6 Å². The van der Waals surface area contributed by atoms with Crippen LogP contribution >= 0.6 is 11.6 Å². The number of amides is 1. The molecule has 4 rings (SSSR count). The molecule has 6 nitrogen and oxygen atoms in total. The Kier molecular flexibility index (Phi) is 6.22. The zero-order valence-corrected chi connectivity index (χ0v) is 17.5. The molecule has 1 spiro atoms. The first-order chi connectivity index (χ1) is 14.9. The molecule has 0 unspecified atom stereocenters. The monoisotopic (exact) mass is 454 g/mol. The average Bonchev–Trinajstić information content (AvgIpc) is 2.75. The maximum absolute atomic E-state index is 14.1. The van der Waals surface area contributed by atoms with Gasteiger partial charge in [-0.25, -0.2) is 23.1 Å². The van der Waals surface area contributed by atoms with Crippen molar-refractivity contribution in [3.05, 3.63) is 41.4 Å². The molecule has 0 bridgehead atoms. The van der Waals surface area contributed by atoms with Gasteiger partial charge in [0.05, 0.1) is 10.6 Å². The summed E-state index contributed by atoms with van der Waals surface area (Å²) in [6.07, 6.45) is 2.06. The molecule has 31 heavy (non-hydrogen) atoms. The number of carbonyl (C=O) groups is 1. The van der Waals surface area contributed by atoms with E-state index in [2.05, 4.69) is 9.97 Å². The number of carbonyl (C=O) groups excluding carboxylic acids is 1. The minimum absolute atomic E-state index is 0.0192. The average molecular weight is 455 g/mol. The largest absolute Gasteiger partial charge is 0.471 e. The van der Waals surface area contributed by atoms with E-state index in [0.29, 0.717) is 43.9 Å². The molecule has 166 valence electrons. The Labute approximate surface area is 183 Å². The van der Waals surface area contributed by atoms with E-state index in [0.717, 1.165) is 12.8 Å². The number of alkyl halides is 2. The Balaban J connectivity index is 1.52. The van der Waals surface area contributed by atoms with Gasteiger partial charge in [-0.3, -0.25) is 4.79 Å². The lowest BCUT2D eigenvalue weighted by atomic mass is 9.78. The topological polar surface area (TPSA) is 58.6 Å². The number of hydrogen-bond donors (Lipinski definition) is 0. The Hall–Kier alpha value is -2.55. The standard InChI is InChI=1S/C21H22ClF3N4O2/c22-15-4-3-14(10-16(15)23)29-20(30)2-1-5-21(29)6-8-28(9-7-21)18-11-19(27-13-26-18)31-12-17(24)25/h3-4,10-11,13,17H,1-2,5-9,12H2. The van der Waals surface area contributed by atoms with Crippen molar-refractivity contribution in [2.75, 3.05) is 29.5 Å². The van der Waals surface area contributed by atoms with Gasteiger partial charge in [0.1, 0.15) is 18.0 Å². The first-order valence-electron chi connectivity index (χ1n) is 10.1. The molecular weight excluding hydrogens is 433 g/mol. The second-order valence-corrected chi connectivity index (χ2v) is 8.22. The Morgan fingerprint density at radius 1 is 1.16 bits per heavy atom. The second kappa shape index (κ2) is 8.90. The van der Waals surface area contributed by atoms with Gasteiger partial charge < -0.3 is 14.5 Å². The lowest BCUT2D eigenvalue weighted by Gasteiger charge is -2.51. The van der Waals surface area contributed by atoms with Gasteiger partial charge >= 0.3 is 0 Å². The van der Waals surface area contributed by atoms with Crippen LogP contribution in [0.5, 0.6) is 5.88 Å². The van der Waals surface area contributed by atoms with E-state index in [1.165, 1.54) is 18.5 Å². The quantitative estimate of drug-likeness (QED) is 0.667. The maximum atomic E-state index is 14.1. The molecule has 1 aromatic carbocycles. The van der Waals surface area contributed by atoms with Crippen molar-refractivity contribution in [3.8, 4) is 5.88 Å². The van der Waals surface area contributed by atoms with E-state index in [1.54, 1.807) is 17.0 Å². The lowest BCUT2D eigenvalue weighted by Crippen LogP contribution is -2.60. The van der Waals surface area contributed by atoms with Gasteiger partial charge in [-0.2, -0.15) is 0 Å². The van der Waals surface area contributed by atoms with Crippen molar-refractivity contribution in [1.82, 2.24) is 9.97 Å². The number of anilines is 2. The van der Waals surface area contributed by atoms with Gasteiger partial charge in [0, 0.05) is 31.3 Å². The van der Waals surface area contributed by atoms with Crippen LogP contribution in [0.2, 0.25) is 5.02 Å². The third-order valence-corrected chi connectivity index (χ3v) is 6.23. The molecule has 3 heterocycles. The molecule has 0 aliphatic carbocycles. The SMILES string of the molecule is O=C1CCCC2(CCN(c3cc(OCC(F)F)ncn3)CC2)N1c1ccc(Cl)c(F)c1. The van der Waals surface area contributed by atoms with Gasteiger partial charge in [0.15, 0.2) is 6.61 Å². The van der Waals surface area contributed by atoms with E-state index < -0.39 is 24.4 Å². The predicted octanol–water partition coefficient (Wildman–Crippen LogP) is 4.47. The highest BCUT2D eigenvalue weighted by Crippen LogP contribution is 2.42. The first-order valence-corrected chi connectivity index (χ1v) is 10.5. The van der Waals surface area contributed by atoms with Crippen molar-refractivity contribution >= 4 is 29.0 Å². The van der Waals surface area contributed by atoms with Gasteiger partial charge in [0.25, 0.3) is 6.43 Å². The van der Waals surface area contributed by atoms with E-state index in [9.17, 15) is 18.0 Å². The van der Waals surface area contributed by atoms with E-state index in [-0.39, 0.29) is 16.8 Å². The van der Waals surface area contributed by atoms with Crippen LogP contribution in [0, 0.1) is 5.82 Å². The Morgan fingerprint density at radius 3 is 2.65 bits per heavy atom. The molecule has 0 atom stereocenters. The smallest absolute Gasteiger partial charge is 0.272 e. The van der Waals surface area contributed by atoms with Crippen LogP contribution < -0.4 is 14.5 Å². The fourth-order valence-electron chi connectivity index (χ4n) is 4.45. The third kappa shape index (κ3) is 4.56. The van der Waals surface area contributed by atoms with Crippen LogP contribution in [-0.4, -0.2) is 47.5 Å². The molecule has 2 aliphatic heterocycles. The van der Waals surface area contributed by atoms with Gasteiger partial charge in [-0.05, 0) is 43.9 Å². The molecule has 0 saturated carbocycles. The molecule has 2 aliphatic rings. The van der Waals surface area contributed by atoms with Crippen LogP contribution in [0.15, 0.2) is 30.6 Å². The van der Waals surface area contributed by atoms with Crippen molar-refractivity contribution < 1.29 is 22.7 Å². The summed E-state index contributed by atoms with van der Waals surface area (Å²) >= 11 is 5.82. The van der Waals surface area contributed by atoms with Gasteiger partial charge in [-0.15, -0.1) is 0 Å². The third-order valence-electron chi connectivity index (χ3n) is 5.92. The normalized spacial score (nSPS) is 18.7. The van der Waals surface area contributed by atoms with Crippen LogP contribution in [-0.2, 0) is 4.79 Å². The summed E-state index contributed by atoms with van der Waals surface area (Å²) in [4.78, 5) is 24.7. The van der Waals surface area contributed by atoms with Crippen LogP contribution in [0.3, 0.4) is 0 Å². The number of nitrogens with zero attached hydrogens (tertiary/aromatic N) is 4. The second-order valence-electron chi connectivity index (χ2n) is 7.81. The lowest BCUT2D eigenvalue weighted by molar-refractivity contribution is -0.121. The van der Waals surface area contributed by atoms with Crippen LogP contribution in [0.4, 0.5) is 24.7 Å². The fourth-order valence-corrected chi connectivity index (χ4v) is 4.57. The number of rotatable bonds is 5. The van der Waals surface area contributed by atoms with Crippen molar-refractivity contribution in [2.24, 2.45) is 0 Å². The Morgan fingerprint density at radius 2 is 1.94 bits per heavy atom. The zero-order chi connectivity index (χ0) is 22.0. The highest BCUT2D eigenvalue weighted by molar-refractivity contribution is 6.30. The number of piperidine rings is 2. The highest BCUT2D eigenvalue weighted by Gasteiger charge is 2.45. The summed E-state index contributed by atoms with van der Waals surface area (Å²) in [5.41, 5.74) is 0.110. The summed E-state index contributed by atoms with van der Waals surface area (Å²) in [5.74, 6) is 0.102. The summed E-state index contributed by atoms with van der Waals surface area (Å²) in [5, 5.41) is 0.0192. The number of benzene rings is 1. The molecule has 0 radical (unpaired) electrons. The number of aromatic nitrogens is 2. The van der Waals surface area contributed by atoms with E-state index in [1.807, 2.05) is 4.90 Å². The van der Waals surface area contributed by atoms with E-state index >= 15 is 0 Å². The number of ether oxygens (including phenoxy) is 1. The molecule has 2 fully saturated rings. The van der Waals surface area contributed by atoms with Crippen molar-refractivity contribution in [2.45, 2.75) is 44.1 Å². The van der Waals surface area contributed by atoms with Crippen LogP contribution in [0.25, 0.3) is 0 Å². The van der Waals surface area contributed by atoms with Crippen molar-refractivity contribution in [1.29, 1.82) is 0 Å². The zero-order valence-electron chi connectivity index (χ0n) is 16.7. The minimum Gasteiger partial charge on any atom is -0.471 e. The van der Waals surface area contributed by atoms with Crippen LogP contribution in [0.1, 0.15) is 32.1 Å². The first kappa shape index (κ1) is 21.7. The molecule has 1 aromatic heterocycles. The molecular formula is C21H22ClF3N4O2. The maximum Gasteiger partial charge on any atom is 0.272 e. The van der Waals surface area contributed by atoms with E-state index in [4.69, 9.17) is 16.3 Å². The number of halogens is 4. The summed E-state index contributed by atoms with van der Waals surface area (Å²) in [6.45, 7) is 0.477. The molecule has 10 heteroatoms. The highest BCUT2D eigenvalue weighted by atomic mass is 35.5. The fraction of sp³-hybridized carbons (Fsp3) is 0.476. The summed E-state index contributed by atoms with van der Waals surface area (Å²) < 4.78 is 43.9. The molecule has 1 amide bonds. The number of hydrogen-bond acceptors (Lipinski definition) is 5. The molecule has 2 aromatic rings.